The highest BCUT2D eigenvalue weighted by molar-refractivity contribution is 5.94. The first kappa shape index (κ1) is 14.2. The fourth-order valence-electron chi connectivity index (χ4n) is 1.54. The molecule has 1 rings (SSSR count). The average molecular weight is 253 g/mol. The minimum atomic E-state index is -0.970. The number of nitrogens with one attached hydrogen (secondary N) is 1. The third-order valence-electron chi connectivity index (χ3n) is 2.79. The normalized spacial score (nSPS) is 11.9. The van der Waals surface area contributed by atoms with E-state index in [-0.39, 0.29) is 12.1 Å². The van der Waals surface area contributed by atoms with E-state index >= 15 is 0 Å². The van der Waals surface area contributed by atoms with Crippen LogP contribution in [0.15, 0.2) is 18.2 Å². The van der Waals surface area contributed by atoms with Crippen molar-refractivity contribution in [2.24, 2.45) is 5.92 Å². The fourth-order valence-corrected chi connectivity index (χ4v) is 1.54. The molecule has 1 aromatic rings. The molecule has 0 aliphatic carbocycles. The number of amides is 1. The number of carboxylic acid groups (broad SMARTS) is 1. The van der Waals surface area contributed by atoms with E-state index < -0.39 is 23.6 Å². The van der Waals surface area contributed by atoms with Gasteiger partial charge in [0.2, 0.25) is 0 Å². The summed E-state index contributed by atoms with van der Waals surface area (Å²) in [5.41, 5.74) is 0.322. The van der Waals surface area contributed by atoms with Crippen molar-refractivity contribution >= 4 is 11.9 Å². The average Bonchev–Trinajstić information content (AvgIpc) is 2.32. The van der Waals surface area contributed by atoms with Crippen LogP contribution < -0.4 is 5.32 Å². The molecule has 1 atom stereocenters. The fraction of sp³-hybridized carbons (Fsp3) is 0.385. The molecule has 0 aromatic heterocycles. The molecule has 1 amide bonds. The second-order valence-corrected chi connectivity index (χ2v) is 4.09. The molecular weight excluding hydrogens is 237 g/mol. The Morgan fingerprint density at radius 3 is 2.67 bits per heavy atom. The van der Waals surface area contributed by atoms with Crippen molar-refractivity contribution < 1.29 is 19.1 Å². The van der Waals surface area contributed by atoms with E-state index in [4.69, 9.17) is 5.11 Å². The quantitative estimate of drug-likeness (QED) is 0.843. The zero-order chi connectivity index (χ0) is 13.7. The van der Waals surface area contributed by atoms with Crippen molar-refractivity contribution in [3.63, 3.8) is 0 Å². The maximum atomic E-state index is 13.6. The number of carboxylic acids is 1. The van der Waals surface area contributed by atoms with Crippen LogP contribution in [-0.2, 0) is 4.79 Å². The predicted molar refractivity (Wildman–Crippen MR) is 64.9 cm³/mol. The molecule has 4 nitrogen and oxygen atoms in total. The van der Waals surface area contributed by atoms with Crippen LogP contribution in [0, 0.1) is 18.7 Å². The Bertz CT molecular complexity index is 460. The van der Waals surface area contributed by atoms with Gasteiger partial charge in [-0.1, -0.05) is 19.1 Å². The van der Waals surface area contributed by atoms with Crippen LogP contribution in [0.25, 0.3) is 0 Å². The van der Waals surface area contributed by atoms with Gasteiger partial charge in [-0.05, 0) is 25.0 Å². The molecule has 1 unspecified atom stereocenters. The summed E-state index contributed by atoms with van der Waals surface area (Å²) in [6.07, 6.45) is 0.409. The maximum absolute atomic E-state index is 13.6. The van der Waals surface area contributed by atoms with Gasteiger partial charge < -0.3 is 10.4 Å². The number of aliphatic carboxylic acids is 1. The minimum absolute atomic E-state index is 0.00194. The molecule has 0 bridgehead atoms. The summed E-state index contributed by atoms with van der Waals surface area (Å²) in [6.45, 7) is 3.29. The number of hydrogen-bond acceptors (Lipinski definition) is 2. The highest BCUT2D eigenvalue weighted by atomic mass is 19.1. The molecule has 0 aliphatic heterocycles. The topological polar surface area (TPSA) is 66.4 Å². The molecule has 0 aliphatic rings. The van der Waals surface area contributed by atoms with Gasteiger partial charge in [0.25, 0.3) is 5.91 Å². The highest BCUT2D eigenvalue weighted by Gasteiger charge is 2.18. The Morgan fingerprint density at radius 2 is 2.11 bits per heavy atom. The standard InChI is InChI=1S/C13H16FNO3/c1-3-9(13(17)18)7-15-12(16)10-6-4-5-8(2)11(10)14/h4-6,9H,3,7H2,1-2H3,(H,15,16)(H,17,18). The summed E-state index contributed by atoms with van der Waals surface area (Å²) in [6, 6.07) is 4.53. The van der Waals surface area contributed by atoms with Gasteiger partial charge in [-0.3, -0.25) is 9.59 Å². The molecule has 0 heterocycles. The molecule has 98 valence electrons. The van der Waals surface area contributed by atoms with Gasteiger partial charge in [-0.2, -0.15) is 0 Å². The number of carbonyl (C=O) groups excluding carboxylic acids is 1. The Hall–Kier alpha value is -1.91. The van der Waals surface area contributed by atoms with Gasteiger partial charge >= 0.3 is 5.97 Å². The lowest BCUT2D eigenvalue weighted by Gasteiger charge is -2.11. The van der Waals surface area contributed by atoms with E-state index in [2.05, 4.69) is 5.32 Å². The Kier molecular flexibility index (Phi) is 4.83. The molecular formula is C13H16FNO3. The van der Waals surface area contributed by atoms with Crippen LogP contribution >= 0.6 is 0 Å². The first-order valence-electron chi connectivity index (χ1n) is 5.73. The minimum Gasteiger partial charge on any atom is -0.481 e. The summed E-state index contributed by atoms with van der Waals surface area (Å²) < 4.78 is 13.6. The van der Waals surface area contributed by atoms with Gasteiger partial charge in [0.05, 0.1) is 11.5 Å². The van der Waals surface area contributed by atoms with Gasteiger partial charge in [0, 0.05) is 6.54 Å². The molecule has 0 saturated heterocycles. The second kappa shape index (κ2) is 6.14. The largest absolute Gasteiger partial charge is 0.481 e. The van der Waals surface area contributed by atoms with Crippen molar-refractivity contribution in [3.8, 4) is 0 Å². The lowest BCUT2D eigenvalue weighted by atomic mass is 10.1. The van der Waals surface area contributed by atoms with Crippen LogP contribution in [0.4, 0.5) is 4.39 Å². The van der Waals surface area contributed by atoms with Crippen molar-refractivity contribution in [2.75, 3.05) is 6.54 Å². The highest BCUT2D eigenvalue weighted by Crippen LogP contribution is 2.12. The number of rotatable bonds is 5. The van der Waals surface area contributed by atoms with Gasteiger partial charge in [0.15, 0.2) is 0 Å². The van der Waals surface area contributed by atoms with Crippen molar-refractivity contribution in [3.05, 3.63) is 35.1 Å². The number of benzene rings is 1. The summed E-state index contributed by atoms with van der Waals surface area (Å²) in [5.74, 6) is -2.78. The first-order valence-corrected chi connectivity index (χ1v) is 5.73. The van der Waals surface area contributed by atoms with E-state index in [1.165, 1.54) is 6.07 Å². The van der Waals surface area contributed by atoms with E-state index in [0.717, 1.165) is 0 Å². The van der Waals surface area contributed by atoms with E-state index in [1.807, 2.05) is 0 Å². The summed E-state index contributed by atoms with van der Waals surface area (Å²) in [5, 5.41) is 11.3. The van der Waals surface area contributed by atoms with Crippen LogP contribution in [0.3, 0.4) is 0 Å². The third kappa shape index (κ3) is 3.29. The second-order valence-electron chi connectivity index (χ2n) is 4.09. The molecule has 0 radical (unpaired) electrons. The summed E-state index contributed by atoms with van der Waals surface area (Å²) in [4.78, 5) is 22.5. The van der Waals surface area contributed by atoms with Gasteiger partial charge in [0.1, 0.15) is 5.82 Å². The van der Waals surface area contributed by atoms with E-state index in [9.17, 15) is 14.0 Å². The van der Waals surface area contributed by atoms with Crippen LogP contribution in [-0.4, -0.2) is 23.5 Å². The Labute approximate surface area is 105 Å². The number of aryl methyl sites for hydroxylation is 1. The van der Waals surface area contributed by atoms with Crippen LogP contribution in [0.2, 0.25) is 0 Å². The Balaban J connectivity index is 2.71. The smallest absolute Gasteiger partial charge is 0.308 e. The Morgan fingerprint density at radius 1 is 1.44 bits per heavy atom. The zero-order valence-corrected chi connectivity index (χ0v) is 10.4. The molecule has 18 heavy (non-hydrogen) atoms. The van der Waals surface area contributed by atoms with Crippen molar-refractivity contribution in [1.29, 1.82) is 0 Å². The third-order valence-corrected chi connectivity index (χ3v) is 2.79. The molecule has 0 saturated carbocycles. The summed E-state index contributed by atoms with van der Waals surface area (Å²) >= 11 is 0. The molecule has 5 heteroatoms. The maximum Gasteiger partial charge on any atom is 0.308 e. The molecule has 0 fully saturated rings. The monoisotopic (exact) mass is 253 g/mol. The molecule has 0 spiro atoms. The van der Waals surface area contributed by atoms with Crippen molar-refractivity contribution in [2.45, 2.75) is 20.3 Å². The molecule has 1 aromatic carbocycles. The predicted octanol–water partition coefficient (Wildman–Crippen LogP) is 1.97. The van der Waals surface area contributed by atoms with Crippen LogP contribution in [0.5, 0.6) is 0 Å². The number of carbonyl (C=O) groups is 2. The van der Waals surface area contributed by atoms with Crippen LogP contribution in [0.1, 0.15) is 29.3 Å². The van der Waals surface area contributed by atoms with Crippen molar-refractivity contribution in [1.82, 2.24) is 5.32 Å². The number of halogens is 1. The first-order chi connectivity index (χ1) is 8.47. The van der Waals surface area contributed by atoms with E-state index in [0.29, 0.717) is 12.0 Å². The molecule has 2 N–H and O–H groups in total. The van der Waals surface area contributed by atoms with Gasteiger partial charge in [-0.15, -0.1) is 0 Å². The van der Waals surface area contributed by atoms with Gasteiger partial charge in [-0.25, -0.2) is 4.39 Å². The number of hydrogen-bond donors (Lipinski definition) is 2. The lowest BCUT2D eigenvalue weighted by molar-refractivity contribution is -0.141. The lowest BCUT2D eigenvalue weighted by Crippen LogP contribution is -2.33. The summed E-state index contributed by atoms with van der Waals surface area (Å²) in [7, 11) is 0. The SMILES string of the molecule is CCC(CNC(=O)c1cccc(C)c1F)C(=O)O. The van der Waals surface area contributed by atoms with E-state index in [1.54, 1.807) is 26.0 Å². The zero-order valence-electron chi connectivity index (χ0n) is 10.4.